The molecule has 96 valence electrons. The van der Waals surface area contributed by atoms with Crippen LogP contribution in [0.25, 0.3) is 5.69 Å². The molecule has 0 aliphatic heterocycles. The smallest absolute Gasteiger partial charge is 0.0973 e. The standard InChI is InChI=1S/C13H13N5S/c1-14-13(11-9-16-19-17-11)12-7-8-15-18(12)10-5-3-2-4-6-10/h2-9,13-14H,1H3. The SMILES string of the molecule is CNC(c1cnsn1)c1ccnn1-c1ccccc1. The van der Waals surface area contributed by atoms with Gasteiger partial charge in [0.25, 0.3) is 0 Å². The Labute approximate surface area is 115 Å². The Morgan fingerprint density at radius 1 is 1.21 bits per heavy atom. The Balaban J connectivity index is 2.04. The van der Waals surface area contributed by atoms with Crippen molar-refractivity contribution in [1.82, 2.24) is 23.8 Å². The fraction of sp³-hybridized carbons (Fsp3) is 0.154. The molecule has 3 rings (SSSR count). The van der Waals surface area contributed by atoms with Crippen LogP contribution in [-0.2, 0) is 0 Å². The first-order chi connectivity index (χ1) is 9.40. The zero-order valence-electron chi connectivity index (χ0n) is 10.4. The predicted octanol–water partition coefficient (Wildman–Crippen LogP) is 2.03. The summed E-state index contributed by atoms with van der Waals surface area (Å²) in [6, 6.07) is 12.0. The first kappa shape index (κ1) is 12.0. The molecule has 3 aromatic rings. The van der Waals surface area contributed by atoms with Gasteiger partial charge in [-0.05, 0) is 25.2 Å². The van der Waals surface area contributed by atoms with Crippen LogP contribution in [0.5, 0.6) is 0 Å². The number of nitrogens with zero attached hydrogens (tertiary/aromatic N) is 4. The zero-order valence-corrected chi connectivity index (χ0v) is 11.2. The largest absolute Gasteiger partial charge is 0.307 e. The van der Waals surface area contributed by atoms with Crippen molar-refractivity contribution < 1.29 is 0 Å². The van der Waals surface area contributed by atoms with E-state index in [1.165, 1.54) is 11.7 Å². The summed E-state index contributed by atoms with van der Waals surface area (Å²) < 4.78 is 10.3. The van der Waals surface area contributed by atoms with Crippen LogP contribution in [0.2, 0.25) is 0 Å². The summed E-state index contributed by atoms with van der Waals surface area (Å²) in [5.74, 6) is 0. The lowest BCUT2D eigenvalue weighted by Crippen LogP contribution is -2.21. The molecular weight excluding hydrogens is 258 g/mol. The highest BCUT2D eigenvalue weighted by Gasteiger charge is 2.19. The molecule has 0 saturated carbocycles. The van der Waals surface area contributed by atoms with Crippen LogP contribution < -0.4 is 5.32 Å². The van der Waals surface area contributed by atoms with Crippen LogP contribution in [0.4, 0.5) is 0 Å². The first-order valence-electron chi connectivity index (χ1n) is 5.94. The maximum atomic E-state index is 4.40. The van der Waals surface area contributed by atoms with E-state index in [0.29, 0.717) is 0 Å². The van der Waals surface area contributed by atoms with Crippen LogP contribution in [-0.4, -0.2) is 25.6 Å². The minimum Gasteiger partial charge on any atom is -0.307 e. The van der Waals surface area contributed by atoms with Crippen LogP contribution >= 0.6 is 11.7 Å². The van der Waals surface area contributed by atoms with Crippen molar-refractivity contribution in [2.45, 2.75) is 6.04 Å². The molecule has 0 fully saturated rings. The predicted molar refractivity (Wildman–Crippen MR) is 74.4 cm³/mol. The number of aromatic nitrogens is 4. The summed E-state index contributed by atoms with van der Waals surface area (Å²) in [4.78, 5) is 0. The van der Waals surface area contributed by atoms with Gasteiger partial charge in [0.15, 0.2) is 0 Å². The lowest BCUT2D eigenvalue weighted by Gasteiger charge is -2.15. The first-order valence-corrected chi connectivity index (χ1v) is 6.67. The molecule has 2 heterocycles. The van der Waals surface area contributed by atoms with Gasteiger partial charge in [-0.3, -0.25) is 0 Å². The number of hydrogen-bond acceptors (Lipinski definition) is 5. The van der Waals surface area contributed by atoms with E-state index in [9.17, 15) is 0 Å². The summed E-state index contributed by atoms with van der Waals surface area (Å²) in [7, 11) is 1.91. The van der Waals surface area contributed by atoms with Gasteiger partial charge in [-0.2, -0.15) is 13.8 Å². The number of nitrogens with one attached hydrogen (secondary N) is 1. The summed E-state index contributed by atoms with van der Waals surface area (Å²) in [6.07, 6.45) is 3.58. The third-order valence-corrected chi connectivity index (χ3v) is 3.42. The third kappa shape index (κ3) is 2.27. The Morgan fingerprint density at radius 2 is 2.05 bits per heavy atom. The van der Waals surface area contributed by atoms with Gasteiger partial charge in [0.1, 0.15) is 0 Å². The summed E-state index contributed by atoms with van der Waals surface area (Å²) >= 11 is 1.21. The summed E-state index contributed by atoms with van der Waals surface area (Å²) in [6.45, 7) is 0. The van der Waals surface area contributed by atoms with Gasteiger partial charge >= 0.3 is 0 Å². The molecule has 2 aromatic heterocycles. The van der Waals surface area contributed by atoms with Crippen molar-refractivity contribution in [3.05, 3.63) is 60.2 Å². The Hall–Kier alpha value is -2.05. The normalized spacial score (nSPS) is 12.5. The average Bonchev–Trinajstić information content (AvgIpc) is 3.12. The van der Waals surface area contributed by atoms with E-state index < -0.39 is 0 Å². The highest BCUT2D eigenvalue weighted by molar-refractivity contribution is 6.99. The van der Waals surface area contributed by atoms with E-state index >= 15 is 0 Å². The number of hydrogen-bond donors (Lipinski definition) is 1. The number of para-hydroxylation sites is 1. The molecule has 6 heteroatoms. The second-order valence-electron chi connectivity index (χ2n) is 4.06. The third-order valence-electron chi connectivity index (χ3n) is 2.93. The molecule has 0 radical (unpaired) electrons. The molecule has 1 N–H and O–H groups in total. The van der Waals surface area contributed by atoms with Gasteiger partial charge in [0.2, 0.25) is 0 Å². The fourth-order valence-corrected chi connectivity index (χ4v) is 2.51. The van der Waals surface area contributed by atoms with Gasteiger partial charge in [-0.25, -0.2) is 4.68 Å². The molecular formula is C13H13N5S. The molecule has 0 bridgehead atoms. The molecule has 0 amide bonds. The van der Waals surface area contributed by atoms with Crippen molar-refractivity contribution in [3.8, 4) is 5.69 Å². The highest BCUT2D eigenvalue weighted by Crippen LogP contribution is 2.22. The average molecular weight is 271 g/mol. The van der Waals surface area contributed by atoms with E-state index in [0.717, 1.165) is 17.1 Å². The summed E-state index contributed by atoms with van der Waals surface area (Å²) in [5, 5.41) is 7.66. The highest BCUT2D eigenvalue weighted by atomic mass is 32.1. The van der Waals surface area contributed by atoms with E-state index in [-0.39, 0.29) is 6.04 Å². The lowest BCUT2D eigenvalue weighted by atomic mass is 10.1. The molecule has 0 spiro atoms. The van der Waals surface area contributed by atoms with Crippen molar-refractivity contribution in [2.24, 2.45) is 0 Å². The van der Waals surface area contributed by atoms with E-state index in [4.69, 9.17) is 0 Å². The van der Waals surface area contributed by atoms with E-state index in [2.05, 4.69) is 19.2 Å². The number of rotatable bonds is 4. The molecule has 0 aliphatic rings. The number of benzene rings is 1. The van der Waals surface area contributed by atoms with Crippen molar-refractivity contribution in [2.75, 3.05) is 7.05 Å². The quantitative estimate of drug-likeness (QED) is 0.789. The maximum absolute atomic E-state index is 4.40. The monoisotopic (exact) mass is 271 g/mol. The van der Waals surface area contributed by atoms with E-state index in [1.807, 2.05) is 48.1 Å². The van der Waals surface area contributed by atoms with Crippen molar-refractivity contribution in [1.29, 1.82) is 0 Å². The van der Waals surface area contributed by atoms with E-state index in [1.54, 1.807) is 12.4 Å². The molecule has 1 aromatic carbocycles. The molecule has 0 aliphatic carbocycles. The van der Waals surface area contributed by atoms with Gasteiger partial charge < -0.3 is 5.32 Å². The van der Waals surface area contributed by atoms with Crippen molar-refractivity contribution >= 4 is 11.7 Å². The molecule has 0 saturated heterocycles. The minimum absolute atomic E-state index is 0.0125. The van der Waals surface area contributed by atoms with Gasteiger partial charge in [-0.15, -0.1) is 0 Å². The van der Waals surface area contributed by atoms with Crippen LogP contribution in [0.3, 0.4) is 0 Å². The van der Waals surface area contributed by atoms with Gasteiger partial charge in [-0.1, -0.05) is 18.2 Å². The Kier molecular flexibility index (Phi) is 3.35. The maximum Gasteiger partial charge on any atom is 0.0973 e. The van der Waals surface area contributed by atoms with Crippen LogP contribution in [0, 0.1) is 0 Å². The molecule has 19 heavy (non-hydrogen) atoms. The van der Waals surface area contributed by atoms with Crippen LogP contribution in [0.1, 0.15) is 17.4 Å². The Bertz CT molecular complexity index is 632. The van der Waals surface area contributed by atoms with Crippen molar-refractivity contribution in [3.63, 3.8) is 0 Å². The topological polar surface area (TPSA) is 55.6 Å². The van der Waals surface area contributed by atoms with Gasteiger partial charge in [0.05, 0.1) is 41.0 Å². The second-order valence-corrected chi connectivity index (χ2v) is 4.61. The molecule has 1 atom stereocenters. The molecule has 1 unspecified atom stereocenters. The molecule has 5 nitrogen and oxygen atoms in total. The zero-order chi connectivity index (χ0) is 13.1. The minimum atomic E-state index is -0.0125. The summed E-state index contributed by atoms with van der Waals surface area (Å²) in [5.41, 5.74) is 2.98. The van der Waals surface area contributed by atoms with Crippen LogP contribution in [0.15, 0.2) is 48.8 Å². The lowest BCUT2D eigenvalue weighted by molar-refractivity contribution is 0.627. The second kappa shape index (κ2) is 5.29. The fourth-order valence-electron chi connectivity index (χ4n) is 2.06. The Morgan fingerprint density at radius 3 is 2.74 bits per heavy atom. The van der Waals surface area contributed by atoms with Gasteiger partial charge in [0, 0.05) is 6.20 Å².